The van der Waals surface area contributed by atoms with E-state index in [9.17, 15) is 0 Å². The molecule has 0 saturated carbocycles. The Balaban J connectivity index is 2.17. The van der Waals surface area contributed by atoms with Crippen LogP contribution in [0.15, 0.2) is 31.0 Å². The highest BCUT2D eigenvalue weighted by Gasteiger charge is 1.97. The normalized spacial score (nSPS) is 10.1. The van der Waals surface area contributed by atoms with Gasteiger partial charge in [-0.2, -0.15) is 0 Å². The van der Waals surface area contributed by atoms with E-state index in [4.69, 9.17) is 5.84 Å². The number of nitrogens with one attached hydrogen (secondary N) is 1. The van der Waals surface area contributed by atoms with Crippen LogP contribution in [0, 0.1) is 0 Å². The molecule has 0 bridgehead atoms. The van der Waals surface area contributed by atoms with E-state index in [1.807, 2.05) is 16.8 Å². The highest BCUT2D eigenvalue weighted by atomic mass is 15.3. The number of nitrogens with two attached hydrogens (primary N) is 1. The van der Waals surface area contributed by atoms with Crippen LogP contribution in [0.1, 0.15) is 5.69 Å². The monoisotopic (exact) mass is 190 g/mol. The molecule has 2 heterocycles. The van der Waals surface area contributed by atoms with Crippen LogP contribution in [0.25, 0.3) is 0 Å². The zero-order valence-electron chi connectivity index (χ0n) is 7.46. The van der Waals surface area contributed by atoms with E-state index >= 15 is 0 Å². The van der Waals surface area contributed by atoms with Crippen LogP contribution in [0.2, 0.25) is 0 Å². The average Bonchev–Trinajstić information content (AvgIpc) is 2.71. The summed E-state index contributed by atoms with van der Waals surface area (Å²) in [6, 6.07) is 1.83. The topological polar surface area (TPSA) is 81.6 Å². The van der Waals surface area contributed by atoms with E-state index in [0.717, 1.165) is 5.69 Å². The molecule has 0 unspecified atom stereocenters. The van der Waals surface area contributed by atoms with Crippen LogP contribution >= 0.6 is 0 Å². The lowest BCUT2D eigenvalue weighted by Crippen LogP contribution is -2.11. The number of hydrogen-bond acceptors (Lipinski definition) is 5. The molecule has 0 aliphatic carbocycles. The molecule has 14 heavy (non-hydrogen) atoms. The number of imidazole rings is 1. The second-order valence-corrected chi connectivity index (χ2v) is 2.75. The minimum absolute atomic E-state index is 0.419. The minimum Gasteiger partial charge on any atom is -0.331 e. The molecule has 3 N–H and O–H groups in total. The number of aromatic nitrogens is 4. The van der Waals surface area contributed by atoms with E-state index in [1.54, 1.807) is 18.7 Å². The highest BCUT2D eigenvalue weighted by Crippen LogP contribution is 2.01. The summed E-state index contributed by atoms with van der Waals surface area (Å²) in [7, 11) is 0. The third kappa shape index (κ3) is 1.86. The van der Waals surface area contributed by atoms with Crippen LogP contribution in [0.4, 0.5) is 5.95 Å². The van der Waals surface area contributed by atoms with Gasteiger partial charge in [0.15, 0.2) is 0 Å². The molecule has 0 radical (unpaired) electrons. The Hall–Kier alpha value is -1.95. The lowest BCUT2D eigenvalue weighted by molar-refractivity contribution is 0.769. The Bertz CT molecular complexity index is 396. The zero-order chi connectivity index (χ0) is 9.80. The summed E-state index contributed by atoms with van der Waals surface area (Å²) in [6.45, 7) is 0.664. The molecule has 6 heteroatoms. The number of nitrogen functional groups attached to an aromatic ring is 1. The molecule has 0 amide bonds. The fourth-order valence-corrected chi connectivity index (χ4v) is 1.12. The number of nitrogens with zero attached hydrogens (tertiary/aromatic N) is 4. The summed E-state index contributed by atoms with van der Waals surface area (Å²) in [5.74, 6) is 5.62. The van der Waals surface area contributed by atoms with Crippen molar-refractivity contribution in [3.8, 4) is 0 Å². The Morgan fingerprint density at radius 1 is 1.43 bits per heavy atom. The summed E-state index contributed by atoms with van der Waals surface area (Å²) < 4.78 is 1.92. The SMILES string of the molecule is NNc1nccc(Cn2ccnc2)n1. The molecule has 2 aromatic rings. The molecule has 0 saturated heterocycles. The molecule has 2 rings (SSSR count). The van der Waals surface area contributed by atoms with Crippen molar-refractivity contribution in [1.82, 2.24) is 19.5 Å². The molecule has 2 aromatic heterocycles. The van der Waals surface area contributed by atoms with Gasteiger partial charge in [-0.1, -0.05) is 0 Å². The maximum atomic E-state index is 5.20. The molecule has 0 fully saturated rings. The molecule has 0 spiro atoms. The number of anilines is 1. The number of hydrazine groups is 1. The van der Waals surface area contributed by atoms with Gasteiger partial charge >= 0.3 is 0 Å². The van der Waals surface area contributed by atoms with Crippen LogP contribution in [0.5, 0.6) is 0 Å². The van der Waals surface area contributed by atoms with Gasteiger partial charge < -0.3 is 4.57 Å². The third-order valence-corrected chi connectivity index (χ3v) is 1.75. The second kappa shape index (κ2) is 3.84. The largest absolute Gasteiger partial charge is 0.331 e. The molecule has 0 aromatic carbocycles. The quantitative estimate of drug-likeness (QED) is 0.526. The summed E-state index contributed by atoms with van der Waals surface area (Å²) in [4.78, 5) is 12.0. The van der Waals surface area contributed by atoms with Crippen molar-refractivity contribution < 1.29 is 0 Å². The first kappa shape index (κ1) is 8.64. The molecular formula is C8H10N6. The Labute approximate surface area is 80.8 Å². The predicted molar refractivity (Wildman–Crippen MR) is 51.2 cm³/mol. The third-order valence-electron chi connectivity index (χ3n) is 1.75. The molecule has 72 valence electrons. The number of hydrogen-bond donors (Lipinski definition) is 2. The first-order valence-electron chi connectivity index (χ1n) is 4.13. The molecule has 0 atom stereocenters. The van der Waals surface area contributed by atoms with Gasteiger partial charge in [-0.3, -0.25) is 5.43 Å². The van der Waals surface area contributed by atoms with E-state index in [0.29, 0.717) is 12.5 Å². The van der Waals surface area contributed by atoms with Gasteiger partial charge in [0, 0.05) is 18.6 Å². The van der Waals surface area contributed by atoms with Crippen molar-refractivity contribution in [3.63, 3.8) is 0 Å². The van der Waals surface area contributed by atoms with Crippen molar-refractivity contribution in [2.75, 3.05) is 5.43 Å². The Morgan fingerprint density at radius 3 is 3.07 bits per heavy atom. The Kier molecular flexibility index (Phi) is 2.37. The molecular weight excluding hydrogens is 180 g/mol. The van der Waals surface area contributed by atoms with Crippen LogP contribution in [-0.4, -0.2) is 19.5 Å². The van der Waals surface area contributed by atoms with Crippen molar-refractivity contribution in [2.24, 2.45) is 5.84 Å². The van der Waals surface area contributed by atoms with E-state index < -0.39 is 0 Å². The molecule has 6 nitrogen and oxygen atoms in total. The molecule has 0 aliphatic heterocycles. The summed E-state index contributed by atoms with van der Waals surface area (Å²) in [6.07, 6.45) is 6.99. The van der Waals surface area contributed by atoms with Gasteiger partial charge in [0.2, 0.25) is 5.95 Å². The summed E-state index contributed by atoms with van der Waals surface area (Å²) >= 11 is 0. The van der Waals surface area contributed by atoms with Crippen molar-refractivity contribution >= 4 is 5.95 Å². The van der Waals surface area contributed by atoms with Crippen molar-refractivity contribution in [3.05, 3.63) is 36.7 Å². The summed E-state index contributed by atoms with van der Waals surface area (Å²) in [5, 5.41) is 0. The maximum Gasteiger partial charge on any atom is 0.237 e. The standard InChI is InChI=1S/C8H10N6/c9-13-8-11-2-1-7(12-8)5-14-4-3-10-6-14/h1-4,6H,5,9H2,(H,11,12,13). The van der Waals surface area contributed by atoms with Gasteiger partial charge in [-0.05, 0) is 6.07 Å². The maximum absolute atomic E-state index is 5.20. The minimum atomic E-state index is 0.419. The fraction of sp³-hybridized carbons (Fsp3) is 0.125. The van der Waals surface area contributed by atoms with Crippen molar-refractivity contribution in [2.45, 2.75) is 6.54 Å². The second-order valence-electron chi connectivity index (χ2n) is 2.75. The summed E-state index contributed by atoms with van der Waals surface area (Å²) in [5.41, 5.74) is 3.28. The first-order chi connectivity index (χ1) is 6.88. The van der Waals surface area contributed by atoms with Gasteiger partial charge in [0.05, 0.1) is 18.6 Å². The van der Waals surface area contributed by atoms with E-state index in [2.05, 4.69) is 20.4 Å². The van der Waals surface area contributed by atoms with Crippen molar-refractivity contribution in [1.29, 1.82) is 0 Å². The van der Waals surface area contributed by atoms with Crippen LogP contribution < -0.4 is 11.3 Å². The molecule has 0 aliphatic rings. The van der Waals surface area contributed by atoms with Gasteiger partial charge in [-0.15, -0.1) is 0 Å². The highest BCUT2D eigenvalue weighted by molar-refractivity contribution is 5.22. The lowest BCUT2D eigenvalue weighted by Gasteiger charge is -2.02. The van der Waals surface area contributed by atoms with E-state index in [-0.39, 0.29) is 0 Å². The smallest absolute Gasteiger partial charge is 0.237 e. The van der Waals surface area contributed by atoms with E-state index in [1.165, 1.54) is 0 Å². The lowest BCUT2D eigenvalue weighted by atomic mass is 10.4. The van der Waals surface area contributed by atoms with Gasteiger partial charge in [0.25, 0.3) is 0 Å². The van der Waals surface area contributed by atoms with Gasteiger partial charge in [0.1, 0.15) is 0 Å². The number of rotatable bonds is 3. The first-order valence-corrected chi connectivity index (χ1v) is 4.13. The van der Waals surface area contributed by atoms with Crippen LogP contribution in [0.3, 0.4) is 0 Å². The zero-order valence-corrected chi connectivity index (χ0v) is 7.46. The fourth-order valence-electron chi connectivity index (χ4n) is 1.12. The van der Waals surface area contributed by atoms with Gasteiger partial charge in [-0.25, -0.2) is 20.8 Å². The predicted octanol–water partition coefficient (Wildman–Crippen LogP) is 0.00700. The Morgan fingerprint density at radius 2 is 2.36 bits per heavy atom. The average molecular weight is 190 g/mol. The van der Waals surface area contributed by atoms with Crippen LogP contribution in [-0.2, 0) is 6.54 Å².